The van der Waals surface area contributed by atoms with Gasteiger partial charge in [-0.25, -0.2) is 8.42 Å². The summed E-state index contributed by atoms with van der Waals surface area (Å²) < 4.78 is 24.3. The number of carbonyl (C=O) groups is 1. The minimum Gasteiger partial charge on any atom is -0.316 e. The first-order valence-corrected chi connectivity index (χ1v) is 11.9. The zero-order valence-corrected chi connectivity index (χ0v) is 17.5. The predicted octanol–water partition coefficient (Wildman–Crippen LogP) is 3.15. The van der Waals surface area contributed by atoms with Gasteiger partial charge in [0.15, 0.2) is 15.0 Å². The van der Waals surface area contributed by atoms with E-state index in [2.05, 4.69) is 4.99 Å². The number of benzene rings is 2. The molecule has 0 unspecified atom stereocenters. The fourth-order valence-electron chi connectivity index (χ4n) is 3.67. The SMILES string of the molecule is Cc1ccc(CC(=O)N=C2S[C@H]3CS(=O)(=O)C[C@@H]3N2c2cccc(C)c2)cc1. The van der Waals surface area contributed by atoms with Crippen LogP contribution in [0.3, 0.4) is 0 Å². The predicted molar refractivity (Wildman–Crippen MR) is 115 cm³/mol. The molecule has 1 amide bonds. The monoisotopic (exact) mass is 414 g/mol. The number of carbonyl (C=O) groups excluding carboxylic acids is 1. The van der Waals surface area contributed by atoms with E-state index in [1.54, 1.807) is 0 Å². The highest BCUT2D eigenvalue weighted by Crippen LogP contribution is 2.41. The van der Waals surface area contributed by atoms with Crippen molar-refractivity contribution in [2.75, 3.05) is 16.4 Å². The summed E-state index contributed by atoms with van der Waals surface area (Å²) in [5.74, 6) is 0.0198. The van der Waals surface area contributed by atoms with Gasteiger partial charge in [-0.1, -0.05) is 53.7 Å². The highest BCUT2D eigenvalue weighted by atomic mass is 32.2. The Labute approximate surface area is 169 Å². The highest BCUT2D eigenvalue weighted by molar-refractivity contribution is 8.16. The van der Waals surface area contributed by atoms with E-state index in [9.17, 15) is 13.2 Å². The van der Waals surface area contributed by atoms with Crippen LogP contribution in [0, 0.1) is 13.8 Å². The Kier molecular flexibility index (Phi) is 5.05. The topological polar surface area (TPSA) is 66.8 Å². The molecule has 0 radical (unpaired) electrons. The maximum atomic E-state index is 12.6. The molecule has 0 N–H and O–H groups in total. The van der Waals surface area contributed by atoms with E-state index >= 15 is 0 Å². The Morgan fingerprint density at radius 2 is 1.86 bits per heavy atom. The van der Waals surface area contributed by atoms with Gasteiger partial charge < -0.3 is 4.90 Å². The molecule has 7 heteroatoms. The number of hydrogen-bond donors (Lipinski definition) is 0. The Balaban J connectivity index is 1.63. The standard InChI is InChI=1S/C21H22N2O3S2/c1-14-6-8-16(9-7-14)11-20(24)22-21-23(17-5-3-4-15(2)10-17)18-12-28(25,26)13-19(18)27-21/h3-10,18-19H,11-13H2,1-2H3/t18-,19-/m0/s1. The molecule has 2 aromatic carbocycles. The van der Waals surface area contributed by atoms with Gasteiger partial charge >= 0.3 is 0 Å². The van der Waals surface area contributed by atoms with Gasteiger partial charge in [0.1, 0.15) is 0 Å². The molecule has 0 bridgehead atoms. The lowest BCUT2D eigenvalue weighted by Gasteiger charge is -2.24. The first-order valence-electron chi connectivity index (χ1n) is 9.21. The molecular weight excluding hydrogens is 392 g/mol. The average Bonchev–Trinajstić information content (AvgIpc) is 3.07. The molecule has 4 rings (SSSR count). The van der Waals surface area contributed by atoms with Crippen LogP contribution in [0.1, 0.15) is 16.7 Å². The number of aliphatic imine (C=N–C) groups is 1. The number of aryl methyl sites for hydroxylation is 2. The minimum atomic E-state index is -3.06. The van der Waals surface area contributed by atoms with Gasteiger partial charge in [-0.15, -0.1) is 0 Å². The van der Waals surface area contributed by atoms with Crippen molar-refractivity contribution in [3.8, 4) is 0 Å². The van der Waals surface area contributed by atoms with Crippen LogP contribution in [0.15, 0.2) is 53.5 Å². The smallest absolute Gasteiger partial charge is 0.252 e. The van der Waals surface area contributed by atoms with Crippen molar-refractivity contribution in [2.24, 2.45) is 4.99 Å². The summed E-state index contributed by atoms with van der Waals surface area (Å²) >= 11 is 1.41. The Morgan fingerprint density at radius 1 is 1.11 bits per heavy atom. The molecule has 2 atom stereocenters. The fourth-order valence-corrected chi connectivity index (χ4v) is 7.60. The van der Waals surface area contributed by atoms with Gasteiger partial charge in [-0.05, 0) is 37.1 Å². The van der Waals surface area contributed by atoms with E-state index in [1.807, 2.05) is 67.3 Å². The van der Waals surface area contributed by atoms with Crippen LogP contribution >= 0.6 is 11.8 Å². The first kappa shape index (κ1) is 19.2. The van der Waals surface area contributed by atoms with Crippen molar-refractivity contribution in [1.29, 1.82) is 0 Å². The second-order valence-electron chi connectivity index (χ2n) is 7.46. The Bertz CT molecular complexity index is 1050. The van der Waals surface area contributed by atoms with Crippen LogP contribution in [0.4, 0.5) is 5.69 Å². The molecule has 0 aromatic heterocycles. The zero-order chi connectivity index (χ0) is 19.9. The Morgan fingerprint density at radius 3 is 2.57 bits per heavy atom. The maximum absolute atomic E-state index is 12.6. The van der Waals surface area contributed by atoms with E-state index in [1.165, 1.54) is 11.8 Å². The summed E-state index contributed by atoms with van der Waals surface area (Å²) in [7, 11) is -3.06. The first-order chi connectivity index (χ1) is 13.3. The van der Waals surface area contributed by atoms with Gasteiger partial charge in [0.05, 0.1) is 24.0 Å². The summed E-state index contributed by atoms with van der Waals surface area (Å²) in [6.45, 7) is 4.00. The third-order valence-corrected chi connectivity index (χ3v) is 8.25. The van der Waals surface area contributed by atoms with Gasteiger partial charge in [-0.3, -0.25) is 4.79 Å². The maximum Gasteiger partial charge on any atom is 0.252 e. The summed E-state index contributed by atoms with van der Waals surface area (Å²) in [5.41, 5.74) is 4.04. The van der Waals surface area contributed by atoms with Gasteiger partial charge in [0.2, 0.25) is 0 Å². The van der Waals surface area contributed by atoms with E-state index in [4.69, 9.17) is 0 Å². The summed E-state index contributed by atoms with van der Waals surface area (Å²) in [6, 6.07) is 15.6. The van der Waals surface area contributed by atoms with Crippen molar-refractivity contribution < 1.29 is 13.2 Å². The summed E-state index contributed by atoms with van der Waals surface area (Å²) in [5, 5.41) is 0.518. The number of thioether (sulfide) groups is 1. The van der Waals surface area contributed by atoms with E-state index in [-0.39, 0.29) is 35.1 Å². The number of nitrogens with zero attached hydrogens (tertiary/aromatic N) is 2. The molecule has 2 aromatic rings. The second-order valence-corrected chi connectivity index (χ2v) is 10.8. The lowest BCUT2D eigenvalue weighted by molar-refractivity contribution is -0.117. The highest BCUT2D eigenvalue weighted by Gasteiger charge is 2.49. The molecule has 5 nitrogen and oxygen atoms in total. The molecule has 28 heavy (non-hydrogen) atoms. The van der Waals surface area contributed by atoms with Gasteiger partial charge in [0, 0.05) is 10.9 Å². The molecule has 0 aliphatic carbocycles. The van der Waals surface area contributed by atoms with E-state index in [0.717, 1.165) is 22.4 Å². The van der Waals surface area contributed by atoms with E-state index in [0.29, 0.717) is 5.17 Å². The van der Waals surface area contributed by atoms with Crippen molar-refractivity contribution in [3.05, 3.63) is 65.2 Å². The van der Waals surface area contributed by atoms with Gasteiger partial charge in [-0.2, -0.15) is 4.99 Å². The number of rotatable bonds is 3. The molecule has 0 spiro atoms. The third kappa shape index (κ3) is 4.00. The van der Waals surface area contributed by atoms with Crippen molar-refractivity contribution in [2.45, 2.75) is 31.6 Å². The van der Waals surface area contributed by atoms with Crippen LogP contribution < -0.4 is 4.90 Å². The molecule has 2 aliphatic heterocycles. The Hall–Kier alpha value is -2.12. The van der Waals surface area contributed by atoms with Crippen molar-refractivity contribution >= 4 is 38.4 Å². The number of sulfone groups is 1. The molecular formula is C21H22N2O3S2. The fraction of sp³-hybridized carbons (Fsp3) is 0.333. The molecule has 146 valence electrons. The van der Waals surface area contributed by atoms with Crippen LogP contribution in [0.5, 0.6) is 0 Å². The minimum absolute atomic E-state index is 0.0866. The van der Waals surface area contributed by atoms with Crippen LogP contribution in [0.2, 0.25) is 0 Å². The summed E-state index contributed by atoms with van der Waals surface area (Å²) in [4.78, 5) is 18.9. The molecule has 2 heterocycles. The number of anilines is 1. The normalized spacial score (nSPS) is 24.5. The second kappa shape index (κ2) is 7.37. The number of fused-ring (bicyclic) bond motifs is 1. The largest absolute Gasteiger partial charge is 0.316 e. The average molecular weight is 415 g/mol. The molecule has 0 saturated carbocycles. The van der Waals surface area contributed by atoms with Crippen molar-refractivity contribution in [1.82, 2.24) is 0 Å². The molecule has 2 saturated heterocycles. The lowest BCUT2D eigenvalue weighted by Crippen LogP contribution is -2.37. The number of amides is 1. The van der Waals surface area contributed by atoms with Crippen LogP contribution in [-0.2, 0) is 21.1 Å². The summed E-state index contributed by atoms with van der Waals surface area (Å²) in [6.07, 6.45) is 0.236. The van der Waals surface area contributed by atoms with Crippen molar-refractivity contribution in [3.63, 3.8) is 0 Å². The van der Waals surface area contributed by atoms with Crippen LogP contribution in [-0.4, -0.2) is 42.3 Å². The van der Waals surface area contributed by atoms with E-state index < -0.39 is 9.84 Å². The lowest BCUT2D eigenvalue weighted by atomic mass is 10.1. The third-order valence-electron chi connectivity index (χ3n) is 5.04. The number of hydrogen-bond acceptors (Lipinski definition) is 4. The number of amidine groups is 1. The molecule has 2 aliphatic rings. The van der Waals surface area contributed by atoms with Gasteiger partial charge in [0.25, 0.3) is 5.91 Å². The zero-order valence-electron chi connectivity index (χ0n) is 15.8. The quantitative estimate of drug-likeness (QED) is 0.772. The van der Waals surface area contributed by atoms with Crippen LogP contribution in [0.25, 0.3) is 0 Å². The molecule has 2 fully saturated rings.